The van der Waals surface area contributed by atoms with Crippen LogP contribution in [0.3, 0.4) is 0 Å². The van der Waals surface area contributed by atoms with E-state index in [0.29, 0.717) is 17.3 Å². The Morgan fingerprint density at radius 3 is 2.82 bits per heavy atom. The number of carbonyl (C=O) groups is 1. The number of nitrogens with two attached hydrogens (primary N) is 1. The third kappa shape index (κ3) is 4.09. The van der Waals surface area contributed by atoms with Crippen LogP contribution in [-0.4, -0.2) is 26.5 Å². The number of nitrogens with zero attached hydrogens (tertiary/aromatic N) is 1. The Balaban J connectivity index is 2.92. The van der Waals surface area contributed by atoms with Crippen molar-refractivity contribution in [3.05, 3.63) is 35.4 Å². The van der Waals surface area contributed by atoms with Crippen molar-refractivity contribution in [2.45, 2.75) is 0 Å². The molecule has 0 aliphatic heterocycles. The van der Waals surface area contributed by atoms with Gasteiger partial charge < -0.3 is 16.0 Å². The van der Waals surface area contributed by atoms with Crippen molar-refractivity contribution in [3.8, 4) is 0 Å². The number of hydrogen-bond donors (Lipinski definition) is 2. The van der Waals surface area contributed by atoms with E-state index in [-0.39, 0.29) is 5.91 Å². The van der Waals surface area contributed by atoms with E-state index in [1.54, 1.807) is 18.2 Å². The highest BCUT2D eigenvalue weighted by Crippen LogP contribution is 2.27. The molecule has 0 fully saturated rings. The first-order valence-electron chi connectivity index (χ1n) is 5.19. The SMILES string of the molecule is CN(C)c1ccc(Cl)cc1NC(=O)/C=C/CN. The molecule has 0 atom stereocenters. The van der Waals surface area contributed by atoms with Crippen LogP contribution in [0.4, 0.5) is 11.4 Å². The molecule has 17 heavy (non-hydrogen) atoms. The summed E-state index contributed by atoms with van der Waals surface area (Å²) >= 11 is 5.90. The van der Waals surface area contributed by atoms with E-state index < -0.39 is 0 Å². The zero-order chi connectivity index (χ0) is 12.8. The van der Waals surface area contributed by atoms with Gasteiger partial charge in [-0.3, -0.25) is 4.79 Å². The summed E-state index contributed by atoms with van der Waals surface area (Å²) in [5.74, 6) is -0.221. The Morgan fingerprint density at radius 2 is 2.24 bits per heavy atom. The molecule has 0 bridgehead atoms. The van der Waals surface area contributed by atoms with Gasteiger partial charge in [0, 0.05) is 31.7 Å². The largest absolute Gasteiger partial charge is 0.376 e. The fourth-order valence-electron chi connectivity index (χ4n) is 1.35. The Labute approximate surface area is 106 Å². The van der Waals surface area contributed by atoms with E-state index in [1.165, 1.54) is 6.08 Å². The molecule has 0 radical (unpaired) electrons. The molecule has 0 saturated carbocycles. The number of amides is 1. The van der Waals surface area contributed by atoms with Gasteiger partial charge in [0.15, 0.2) is 0 Å². The van der Waals surface area contributed by atoms with Crippen molar-refractivity contribution in [2.75, 3.05) is 30.9 Å². The summed E-state index contributed by atoms with van der Waals surface area (Å²) in [5, 5.41) is 3.34. The van der Waals surface area contributed by atoms with E-state index in [2.05, 4.69) is 5.32 Å². The first kappa shape index (κ1) is 13.5. The van der Waals surface area contributed by atoms with E-state index in [9.17, 15) is 4.79 Å². The monoisotopic (exact) mass is 253 g/mol. The summed E-state index contributed by atoms with van der Waals surface area (Å²) in [6.07, 6.45) is 3.00. The van der Waals surface area contributed by atoms with Gasteiger partial charge in [-0.05, 0) is 18.2 Å². The molecule has 1 aromatic carbocycles. The molecule has 3 N–H and O–H groups in total. The van der Waals surface area contributed by atoms with E-state index in [0.717, 1.165) is 5.69 Å². The van der Waals surface area contributed by atoms with Gasteiger partial charge >= 0.3 is 0 Å². The minimum absolute atomic E-state index is 0.221. The standard InChI is InChI=1S/C12H16ClN3O/c1-16(2)11-6-5-9(13)8-10(11)15-12(17)4-3-7-14/h3-6,8H,7,14H2,1-2H3,(H,15,17)/b4-3+. The van der Waals surface area contributed by atoms with Crippen molar-refractivity contribution in [1.29, 1.82) is 0 Å². The molecule has 1 rings (SSSR count). The van der Waals surface area contributed by atoms with Gasteiger partial charge in [0.1, 0.15) is 0 Å². The minimum atomic E-state index is -0.221. The first-order valence-corrected chi connectivity index (χ1v) is 5.57. The van der Waals surface area contributed by atoms with Gasteiger partial charge in [0.25, 0.3) is 0 Å². The summed E-state index contributed by atoms with van der Waals surface area (Å²) in [6, 6.07) is 5.35. The van der Waals surface area contributed by atoms with Crippen molar-refractivity contribution in [3.63, 3.8) is 0 Å². The maximum absolute atomic E-state index is 11.5. The zero-order valence-electron chi connectivity index (χ0n) is 9.90. The molecule has 0 aliphatic rings. The average molecular weight is 254 g/mol. The van der Waals surface area contributed by atoms with E-state index in [1.807, 2.05) is 25.1 Å². The highest BCUT2D eigenvalue weighted by atomic mass is 35.5. The van der Waals surface area contributed by atoms with Gasteiger partial charge in [0.2, 0.25) is 5.91 Å². The van der Waals surface area contributed by atoms with Crippen LogP contribution in [0.2, 0.25) is 5.02 Å². The second-order valence-electron chi connectivity index (χ2n) is 3.68. The molecular formula is C12H16ClN3O. The normalized spacial score (nSPS) is 10.6. The van der Waals surface area contributed by atoms with Gasteiger partial charge in [-0.15, -0.1) is 0 Å². The van der Waals surface area contributed by atoms with Gasteiger partial charge in [-0.1, -0.05) is 17.7 Å². The van der Waals surface area contributed by atoms with Crippen LogP contribution in [0.5, 0.6) is 0 Å². The lowest BCUT2D eigenvalue weighted by Crippen LogP contribution is -2.15. The molecular weight excluding hydrogens is 238 g/mol. The number of carbonyl (C=O) groups excluding carboxylic acids is 1. The van der Waals surface area contributed by atoms with Crippen molar-refractivity contribution in [1.82, 2.24) is 0 Å². The second kappa shape index (κ2) is 6.27. The predicted molar refractivity (Wildman–Crippen MR) is 72.6 cm³/mol. The molecule has 0 aromatic heterocycles. The topological polar surface area (TPSA) is 58.4 Å². The van der Waals surface area contributed by atoms with Crippen LogP contribution >= 0.6 is 11.6 Å². The second-order valence-corrected chi connectivity index (χ2v) is 4.12. The summed E-state index contributed by atoms with van der Waals surface area (Å²) < 4.78 is 0. The fourth-order valence-corrected chi connectivity index (χ4v) is 1.52. The number of rotatable bonds is 4. The smallest absolute Gasteiger partial charge is 0.248 e. The third-order valence-corrected chi connectivity index (χ3v) is 2.34. The Hall–Kier alpha value is -1.52. The number of nitrogens with one attached hydrogen (secondary N) is 1. The highest BCUT2D eigenvalue weighted by Gasteiger charge is 2.07. The molecule has 5 heteroatoms. The highest BCUT2D eigenvalue weighted by molar-refractivity contribution is 6.31. The van der Waals surface area contributed by atoms with Crippen LogP contribution in [0.1, 0.15) is 0 Å². The Bertz CT molecular complexity index is 430. The van der Waals surface area contributed by atoms with Crippen LogP contribution in [-0.2, 0) is 4.79 Å². The minimum Gasteiger partial charge on any atom is -0.376 e. The van der Waals surface area contributed by atoms with Crippen molar-refractivity contribution < 1.29 is 4.79 Å². The van der Waals surface area contributed by atoms with E-state index in [4.69, 9.17) is 17.3 Å². The molecule has 0 saturated heterocycles. The first-order chi connectivity index (χ1) is 8.04. The molecule has 4 nitrogen and oxygen atoms in total. The molecule has 0 spiro atoms. The molecule has 0 aliphatic carbocycles. The van der Waals surface area contributed by atoms with Crippen molar-refractivity contribution >= 4 is 28.9 Å². The number of benzene rings is 1. The van der Waals surface area contributed by atoms with Crippen LogP contribution in [0.25, 0.3) is 0 Å². The Morgan fingerprint density at radius 1 is 1.53 bits per heavy atom. The maximum Gasteiger partial charge on any atom is 0.248 e. The average Bonchev–Trinajstić information content (AvgIpc) is 2.26. The van der Waals surface area contributed by atoms with Crippen LogP contribution in [0, 0.1) is 0 Å². The molecule has 1 amide bonds. The number of hydrogen-bond acceptors (Lipinski definition) is 3. The Kier molecular flexibility index (Phi) is 5.00. The summed E-state index contributed by atoms with van der Waals surface area (Å²) in [6.45, 7) is 0.337. The van der Waals surface area contributed by atoms with Crippen LogP contribution in [0.15, 0.2) is 30.4 Å². The van der Waals surface area contributed by atoms with Gasteiger partial charge in [-0.2, -0.15) is 0 Å². The fraction of sp³-hybridized carbons (Fsp3) is 0.250. The van der Waals surface area contributed by atoms with E-state index >= 15 is 0 Å². The number of halogens is 1. The molecule has 0 heterocycles. The lowest BCUT2D eigenvalue weighted by Gasteiger charge is -2.17. The van der Waals surface area contributed by atoms with Crippen molar-refractivity contribution in [2.24, 2.45) is 5.73 Å². The summed E-state index contributed by atoms with van der Waals surface area (Å²) in [4.78, 5) is 13.4. The molecule has 92 valence electrons. The quantitative estimate of drug-likeness (QED) is 0.806. The predicted octanol–water partition coefficient (Wildman–Crippen LogP) is 1.86. The molecule has 0 unspecified atom stereocenters. The summed E-state index contributed by atoms with van der Waals surface area (Å²) in [5.41, 5.74) is 6.84. The maximum atomic E-state index is 11.5. The lowest BCUT2D eigenvalue weighted by atomic mass is 10.2. The third-order valence-electron chi connectivity index (χ3n) is 2.10. The molecule has 1 aromatic rings. The van der Waals surface area contributed by atoms with Gasteiger partial charge in [0.05, 0.1) is 11.4 Å². The zero-order valence-corrected chi connectivity index (χ0v) is 10.7. The summed E-state index contributed by atoms with van der Waals surface area (Å²) in [7, 11) is 3.79. The number of anilines is 2. The lowest BCUT2D eigenvalue weighted by molar-refractivity contribution is -0.111. The van der Waals surface area contributed by atoms with Crippen LogP contribution < -0.4 is 16.0 Å². The van der Waals surface area contributed by atoms with Gasteiger partial charge in [-0.25, -0.2) is 0 Å².